The van der Waals surface area contributed by atoms with E-state index < -0.39 is 0 Å². The highest BCUT2D eigenvalue weighted by Gasteiger charge is 2.26. The highest BCUT2D eigenvalue weighted by atomic mass is 16.5. The Kier molecular flexibility index (Phi) is 7.72. The van der Waals surface area contributed by atoms with Gasteiger partial charge in [0.05, 0.1) is 18.8 Å². The molecule has 0 spiro atoms. The number of anilines is 2. The van der Waals surface area contributed by atoms with Gasteiger partial charge < -0.3 is 29.2 Å². The van der Waals surface area contributed by atoms with Crippen molar-refractivity contribution < 1.29 is 28.5 Å². The van der Waals surface area contributed by atoms with Crippen LogP contribution in [0, 0.1) is 6.92 Å². The Morgan fingerprint density at radius 1 is 0.971 bits per heavy atom. The molecule has 182 valence electrons. The van der Waals surface area contributed by atoms with E-state index in [1.54, 1.807) is 47.4 Å². The van der Waals surface area contributed by atoms with Crippen LogP contribution >= 0.6 is 0 Å². The lowest BCUT2D eigenvalue weighted by molar-refractivity contribution is -0.121. The number of rotatable bonds is 10. The highest BCUT2D eigenvalue weighted by Crippen LogP contribution is 2.34. The summed E-state index contributed by atoms with van der Waals surface area (Å²) < 4.78 is 22.3. The Labute approximate surface area is 204 Å². The number of hydrogen-bond donors (Lipinski definition) is 1. The van der Waals surface area contributed by atoms with Crippen LogP contribution in [0.1, 0.15) is 12.5 Å². The van der Waals surface area contributed by atoms with Crippen LogP contribution in [0.3, 0.4) is 0 Å². The lowest BCUT2D eigenvalue weighted by Gasteiger charge is -2.29. The molecule has 0 atom stereocenters. The summed E-state index contributed by atoms with van der Waals surface area (Å²) in [6, 6.07) is 20.0. The zero-order valence-corrected chi connectivity index (χ0v) is 19.8. The van der Waals surface area contributed by atoms with E-state index in [4.69, 9.17) is 18.9 Å². The summed E-state index contributed by atoms with van der Waals surface area (Å²) in [6.45, 7) is 4.96. The van der Waals surface area contributed by atoms with Crippen LogP contribution in [0.15, 0.2) is 66.7 Å². The van der Waals surface area contributed by atoms with E-state index in [1.165, 1.54) is 0 Å². The van der Waals surface area contributed by atoms with Gasteiger partial charge in [-0.1, -0.05) is 12.1 Å². The number of fused-ring (bicyclic) bond motifs is 1. The van der Waals surface area contributed by atoms with Crippen molar-refractivity contribution >= 4 is 23.2 Å². The maximum atomic E-state index is 12.5. The summed E-state index contributed by atoms with van der Waals surface area (Å²) in [5.74, 6) is 2.13. The highest BCUT2D eigenvalue weighted by molar-refractivity contribution is 5.99. The van der Waals surface area contributed by atoms with E-state index in [-0.39, 0.29) is 25.0 Å². The quantitative estimate of drug-likeness (QED) is 0.472. The van der Waals surface area contributed by atoms with Gasteiger partial charge in [-0.3, -0.25) is 9.59 Å². The van der Waals surface area contributed by atoms with Crippen molar-refractivity contribution in [2.75, 3.05) is 43.2 Å². The predicted molar refractivity (Wildman–Crippen MR) is 133 cm³/mol. The number of aryl methyl sites for hydroxylation is 1. The number of carbonyl (C=O) groups excluding carboxylic acids is 2. The van der Waals surface area contributed by atoms with Crippen molar-refractivity contribution in [2.45, 2.75) is 13.8 Å². The first-order chi connectivity index (χ1) is 17.0. The maximum absolute atomic E-state index is 12.5. The molecule has 8 heteroatoms. The maximum Gasteiger partial charge on any atom is 0.265 e. The van der Waals surface area contributed by atoms with Crippen LogP contribution in [0.2, 0.25) is 0 Å². The van der Waals surface area contributed by atoms with Gasteiger partial charge in [0.15, 0.2) is 13.2 Å². The van der Waals surface area contributed by atoms with Gasteiger partial charge in [0.2, 0.25) is 0 Å². The summed E-state index contributed by atoms with van der Waals surface area (Å²) in [6.07, 6.45) is 0. The van der Waals surface area contributed by atoms with Gasteiger partial charge >= 0.3 is 0 Å². The molecule has 0 aliphatic carbocycles. The number of amides is 2. The number of hydrogen-bond acceptors (Lipinski definition) is 6. The molecule has 0 aromatic heterocycles. The standard InChI is InChI=1S/C27H28N2O6/c1-3-32-21-8-10-22(11-9-21)34-17-26(30)28-20-7-12-25-24(16-20)29(27(31)18-35-25)13-14-33-23-6-4-5-19(2)15-23/h4-12,15-16H,3,13-14,17-18H2,1-2H3,(H,28,30). The van der Waals surface area contributed by atoms with E-state index in [0.717, 1.165) is 17.1 Å². The van der Waals surface area contributed by atoms with Crippen molar-refractivity contribution in [3.63, 3.8) is 0 Å². The molecule has 1 aliphatic rings. The average molecular weight is 477 g/mol. The van der Waals surface area contributed by atoms with Crippen LogP contribution < -0.4 is 29.2 Å². The molecule has 0 fully saturated rings. The van der Waals surface area contributed by atoms with Crippen LogP contribution in [0.5, 0.6) is 23.0 Å². The first-order valence-corrected chi connectivity index (χ1v) is 11.4. The van der Waals surface area contributed by atoms with E-state index in [1.807, 2.05) is 38.1 Å². The fourth-order valence-corrected chi connectivity index (χ4v) is 3.63. The molecule has 0 bridgehead atoms. The molecule has 2 amide bonds. The van der Waals surface area contributed by atoms with E-state index in [9.17, 15) is 9.59 Å². The summed E-state index contributed by atoms with van der Waals surface area (Å²) in [7, 11) is 0. The Balaban J connectivity index is 1.35. The van der Waals surface area contributed by atoms with Crippen LogP contribution in [-0.2, 0) is 9.59 Å². The minimum Gasteiger partial charge on any atom is -0.494 e. The second-order valence-corrected chi connectivity index (χ2v) is 7.92. The zero-order chi connectivity index (χ0) is 24.6. The van der Waals surface area contributed by atoms with Gasteiger partial charge in [0.25, 0.3) is 11.8 Å². The molecule has 0 radical (unpaired) electrons. The normalized spacial score (nSPS) is 12.4. The molecule has 0 unspecified atom stereocenters. The van der Waals surface area contributed by atoms with E-state index in [2.05, 4.69) is 5.32 Å². The molecular weight excluding hydrogens is 448 g/mol. The van der Waals surface area contributed by atoms with E-state index in [0.29, 0.717) is 42.6 Å². The molecular formula is C27H28N2O6. The first-order valence-electron chi connectivity index (χ1n) is 11.4. The smallest absolute Gasteiger partial charge is 0.265 e. The molecule has 1 aliphatic heterocycles. The lowest BCUT2D eigenvalue weighted by atomic mass is 10.2. The number of ether oxygens (including phenoxy) is 4. The van der Waals surface area contributed by atoms with Gasteiger partial charge in [-0.05, 0) is 74.0 Å². The Hall–Kier alpha value is -4.20. The number of benzene rings is 3. The molecule has 3 aromatic rings. The zero-order valence-electron chi connectivity index (χ0n) is 19.8. The van der Waals surface area contributed by atoms with E-state index >= 15 is 0 Å². The van der Waals surface area contributed by atoms with Crippen LogP contribution in [-0.4, -0.2) is 44.8 Å². The molecule has 8 nitrogen and oxygen atoms in total. The average Bonchev–Trinajstić information content (AvgIpc) is 2.85. The fraction of sp³-hybridized carbons (Fsp3) is 0.259. The number of nitrogens with zero attached hydrogens (tertiary/aromatic N) is 1. The first kappa shape index (κ1) is 23.9. The van der Waals surface area contributed by atoms with Crippen molar-refractivity contribution in [2.24, 2.45) is 0 Å². The van der Waals surface area contributed by atoms with Crippen LogP contribution in [0.25, 0.3) is 0 Å². The third-order valence-corrected chi connectivity index (χ3v) is 5.26. The molecule has 3 aromatic carbocycles. The fourth-order valence-electron chi connectivity index (χ4n) is 3.63. The third kappa shape index (κ3) is 6.44. The third-order valence-electron chi connectivity index (χ3n) is 5.26. The van der Waals surface area contributed by atoms with Gasteiger partial charge in [0.1, 0.15) is 29.6 Å². The summed E-state index contributed by atoms with van der Waals surface area (Å²) >= 11 is 0. The summed E-state index contributed by atoms with van der Waals surface area (Å²) in [4.78, 5) is 26.6. The molecule has 0 saturated heterocycles. The Morgan fingerprint density at radius 2 is 1.74 bits per heavy atom. The molecule has 0 saturated carbocycles. The van der Waals surface area contributed by atoms with Crippen LogP contribution in [0.4, 0.5) is 11.4 Å². The lowest BCUT2D eigenvalue weighted by Crippen LogP contribution is -2.41. The molecule has 35 heavy (non-hydrogen) atoms. The predicted octanol–water partition coefficient (Wildman–Crippen LogP) is 4.22. The minimum atomic E-state index is -0.323. The minimum absolute atomic E-state index is 0.0426. The van der Waals surface area contributed by atoms with Gasteiger partial charge in [-0.2, -0.15) is 0 Å². The Bertz CT molecular complexity index is 1180. The molecule has 4 rings (SSSR count). The molecule has 1 N–H and O–H groups in total. The van der Waals surface area contributed by atoms with Crippen molar-refractivity contribution in [3.05, 3.63) is 72.3 Å². The van der Waals surface area contributed by atoms with Gasteiger partial charge in [0, 0.05) is 5.69 Å². The summed E-state index contributed by atoms with van der Waals surface area (Å²) in [5, 5.41) is 2.80. The van der Waals surface area contributed by atoms with Gasteiger partial charge in [-0.15, -0.1) is 0 Å². The van der Waals surface area contributed by atoms with Gasteiger partial charge in [-0.25, -0.2) is 0 Å². The van der Waals surface area contributed by atoms with Crippen molar-refractivity contribution in [1.82, 2.24) is 0 Å². The Morgan fingerprint density at radius 3 is 2.49 bits per heavy atom. The number of nitrogens with one attached hydrogen (secondary N) is 1. The number of carbonyl (C=O) groups is 2. The second kappa shape index (κ2) is 11.3. The second-order valence-electron chi connectivity index (χ2n) is 7.92. The summed E-state index contributed by atoms with van der Waals surface area (Å²) in [5.41, 5.74) is 2.22. The SMILES string of the molecule is CCOc1ccc(OCC(=O)Nc2ccc3c(c2)N(CCOc2cccc(C)c2)C(=O)CO3)cc1. The topological polar surface area (TPSA) is 86.3 Å². The molecule has 1 heterocycles. The largest absolute Gasteiger partial charge is 0.494 e. The van der Waals surface area contributed by atoms with Crippen molar-refractivity contribution in [3.8, 4) is 23.0 Å². The van der Waals surface area contributed by atoms with Crippen molar-refractivity contribution in [1.29, 1.82) is 0 Å². The monoisotopic (exact) mass is 476 g/mol.